The van der Waals surface area contributed by atoms with Gasteiger partial charge in [0.15, 0.2) is 5.75 Å². The van der Waals surface area contributed by atoms with Crippen LogP contribution in [0.3, 0.4) is 0 Å². The molecule has 0 saturated heterocycles. The molecule has 2 rings (SSSR count). The summed E-state index contributed by atoms with van der Waals surface area (Å²) in [6, 6.07) is 2.02. The molecule has 0 aliphatic carbocycles. The molecule has 1 aliphatic rings. The van der Waals surface area contributed by atoms with E-state index in [-0.39, 0.29) is 30.1 Å². The molecule has 1 aromatic rings. The first-order valence-corrected chi connectivity index (χ1v) is 5.52. The monoisotopic (exact) mass is 268 g/mol. The van der Waals surface area contributed by atoms with Crippen molar-refractivity contribution in [2.75, 3.05) is 13.2 Å². The number of ether oxygens (including phenoxy) is 2. The zero-order chi connectivity index (χ0) is 14.2. The third kappa shape index (κ3) is 2.56. The van der Waals surface area contributed by atoms with Crippen LogP contribution in [0, 0.1) is 25.6 Å². The van der Waals surface area contributed by atoms with Crippen LogP contribution in [-0.4, -0.2) is 23.1 Å². The number of rotatable bonds is 2. The molecule has 1 aromatic carbocycles. The van der Waals surface area contributed by atoms with E-state index in [0.717, 1.165) is 12.1 Å². The maximum atomic E-state index is 11.0. The number of benzene rings is 1. The van der Waals surface area contributed by atoms with Gasteiger partial charge in [0, 0.05) is 5.41 Å². The van der Waals surface area contributed by atoms with Crippen LogP contribution in [0.25, 0.3) is 0 Å². The number of fused-ring (bicyclic) bond motifs is 1. The van der Waals surface area contributed by atoms with E-state index >= 15 is 0 Å². The molecule has 0 amide bonds. The second kappa shape index (κ2) is 4.38. The fraction of sp³-hybridized carbons (Fsp3) is 0.455. The summed E-state index contributed by atoms with van der Waals surface area (Å²) in [6.45, 7) is 4.25. The van der Waals surface area contributed by atoms with Crippen molar-refractivity contribution >= 4 is 11.4 Å². The summed E-state index contributed by atoms with van der Waals surface area (Å²) in [5.74, 6) is -0.0207. The summed E-state index contributed by atoms with van der Waals surface area (Å²) < 4.78 is 10.8. The summed E-state index contributed by atoms with van der Waals surface area (Å²) >= 11 is 0. The fourth-order valence-corrected chi connectivity index (χ4v) is 1.65. The molecule has 1 aliphatic heterocycles. The Bertz CT molecular complexity index is 554. The Hall–Kier alpha value is -2.38. The van der Waals surface area contributed by atoms with Crippen molar-refractivity contribution in [2.24, 2.45) is 5.41 Å². The highest BCUT2D eigenvalue weighted by molar-refractivity contribution is 5.62. The molecule has 102 valence electrons. The van der Waals surface area contributed by atoms with Crippen LogP contribution in [0.4, 0.5) is 11.4 Å². The molecule has 0 N–H and O–H groups in total. The van der Waals surface area contributed by atoms with Crippen LogP contribution in [0.2, 0.25) is 0 Å². The molecule has 0 radical (unpaired) electrons. The Kier molecular flexibility index (Phi) is 3.01. The Labute approximate surface area is 108 Å². The maximum absolute atomic E-state index is 11.0. The van der Waals surface area contributed by atoms with Gasteiger partial charge in [-0.15, -0.1) is 0 Å². The number of nitrogens with zero attached hydrogens (tertiary/aromatic N) is 2. The number of non-ortho nitro benzene ring substituents is 1. The zero-order valence-electron chi connectivity index (χ0n) is 10.4. The van der Waals surface area contributed by atoms with Gasteiger partial charge in [0.1, 0.15) is 0 Å². The minimum absolute atomic E-state index is 0.0338. The van der Waals surface area contributed by atoms with Crippen molar-refractivity contribution in [3.8, 4) is 11.5 Å². The van der Waals surface area contributed by atoms with Gasteiger partial charge in [-0.3, -0.25) is 20.2 Å². The number of nitro groups is 2. The Balaban J connectivity index is 2.55. The van der Waals surface area contributed by atoms with Crippen LogP contribution >= 0.6 is 0 Å². The molecular formula is C11H12N2O6. The second-order valence-corrected chi connectivity index (χ2v) is 5.05. The number of hydrogen-bond donors (Lipinski definition) is 0. The Morgan fingerprint density at radius 2 is 1.74 bits per heavy atom. The normalized spacial score (nSPS) is 16.5. The number of nitro benzene ring substituents is 2. The highest BCUT2D eigenvalue weighted by atomic mass is 16.6. The van der Waals surface area contributed by atoms with Crippen LogP contribution in [-0.2, 0) is 0 Å². The quantitative estimate of drug-likeness (QED) is 0.602. The lowest BCUT2D eigenvalue weighted by atomic mass is 9.97. The standard InChI is InChI=1S/C11H12N2O6/c1-11(2)5-18-9-4-7(12(14)15)3-8(13(16)17)10(9)19-6-11/h3-4H,5-6H2,1-2H3. The average Bonchev–Trinajstić information content (AvgIpc) is 2.47. The van der Waals surface area contributed by atoms with Crippen molar-refractivity contribution in [2.45, 2.75) is 13.8 Å². The molecule has 8 heteroatoms. The summed E-state index contributed by atoms with van der Waals surface area (Å²) in [7, 11) is 0. The van der Waals surface area contributed by atoms with Crippen LogP contribution < -0.4 is 9.47 Å². The Morgan fingerprint density at radius 1 is 1.11 bits per heavy atom. The van der Waals surface area contributed by atoms with Gasteiger partial charge >= 0.3 is 5.69 Å². The molecule has 0 aromatic heterocycles. The lowest BCUT2D eigenvalue weighted by molar-refractivity contribution is -0.394. The van der Waals surface area contributed by atoms with Gasteiger partial charge in [-0.25, -0.2) is 0 Å². The molecule has 0 spiro atoms. The van der Waals surface area contributed by atoms with E-state index in [1.807, 2.05) is 13.8 Å². The molecular weight excluding hydrogens is 256 g/mol. The van der Waals surface area contributed by atoms with E-state index in [1.54, 1.807) is 0 Å². The molecule has 19 heavy (non-hydrogen) atoms. The summed E-state index contributed by atoms with van der Waals surface area (Å²) in [5, 5.41) is 21.7. The van der Waals surface area contributed by atoms with E-state index in [0.29, 0.717) is 0 Å². The van der Waals surface area contributed by atoms with Gasteiger partial charge < -0.3 is 9.47 Å². The van der Waals surface area contributed by atoms with Crippen LogP contribution in [0.1, 0.15) is 13.8 Å². The van der Waals surface area contributed by atoms with E-state index in [2.05, 4.69) is 0 Å². The minimum atomic E-state index is -0.715. The van der Waals surface area contributed by atoms with Gasteiger partial charge in [0.2, 0.25) is 5.75 Å². The third-order valence-electron chi connectivity index (χ3n) is 2.65. The van der Waals surface area contributed by atoms with Gasteiger partial charge in [0.25, 0.3) is 5.69 Å². The molecule has 0 unspecified atom stereocenters. The predicted octanol–water partition coefficient (Wildman–Crippen LogP) is 2.30. The van der Waals surface area contributed by atoms with Crippen LogP contribution in [0.15, 0.2) is 12.1 Å². The maximum Gasteiger partial charge on any atom is 0.321 e. The predicted molar refractivity (Wildman–Crippen MR) is 64.5 cm³/mol. The number of hydrogen-bond acceptors (Lipinski definition) is 6. The van der Waals surface area contributed by atoms with Crippen molar-refractivity contribution in [1.82, 2.24) is 0 Å². The fourth-order valence-electron chi connectivity index (χ4n) is 1.65. The largest absolute Gasteiger partial charge is 0.488 e. The highest BCUT2D eigenvalue weighted by Gasteiger charge is 2.32. The van der Waals surface area contributed by atoms with E-state index in [4.69, 9.17) is 9.47 Å². The van der Waals surface area contributed by atoms with E-state index in [9.17, 15) is 20.2 Å². The third-order valence-corrected chi connectivity index (χ3v) is 2.65. The lowest BCUT2D eigenvalue weighted by Gasteiger charge is -2.19. The molecule has 8 nitrogen and oxygen atoms in total. The van der Waals surface area contributed by atoms with Crippen LogP contribution in [0.5, 0.6) is 11.5 Å². The first kappa shape index (κ1) is 13.1. The van der Waals surface area contributed by atoms with Gasteiger partial charge in [0.05, 0.1) is 35.2 Å². The zero-order valence-corrected chi connectivity index (χ0v) is 10.4. The topological polar surface area (TPSA) is 105 Å². The SMILES string of the molecule is CC1(C)COc2cc([N+](=O)[O-])cc([N+](=O)[O-])c2OC1. The second-order valence-electron chi connectivity index (χ2n) is 5.05. The summed E-state index contributed by atoms with van der Waals surface area (Å²) in [6.07, 6.45) is 0. The van der Waals surface area contributed by atoms with Crippen molar-refractivity contribution < 1.29 is 19.3 Å². The van der Waals surface area contributed by atoms with Crippen molar-refractivity contribution in [3.05, 3.63) is 32.4 Å². The summed E-state index contributed by atoms with van der Waals surface area (Å²) in [4.78, 5) is 20.3. The molecule has 0 atom stereocenters. The first-order chi connectivity index (χ1) is 8.80. The molecule has 0 bridgehead atoms. The molecule has 0 saturated carbocycles. The summed E-state index contributed by atoms with van der Waals surface area (Å²) in [5.41, 5.74) is -1.18. The first-order valence-electron chi connectivity index (χ1n) is 5.52. The highest BCUT2D eigenvalue weighted by Crippen LogP contribution is 2.43. The van der Waals surface area contributed by atoms with Gasteiger partial charge in [-0.2, -0.15) is 0 Å². The Morgan fingerprint density at radius 3 is 2.32 bits per heavy atom. The van der Waals surface area contributed by atoms with E-state index < -0.39 is 21.2 Å². The lowest BCUT2D eigenvalue weighted by Crippen LogP contribution is -2.26. The smallest absolute Gasteiger partial charge is 0.321 e. The molecule has 0 fully saturated rings. The van der Waals surface area contributed by atoms with Crippen molar-refractivity contribution in [1.29, 1.82) is 0 Å². The average molecular weight is 268 g/mol. The molecule has 1 heterocycles. The minimum Gasteiger partial charge on any atom is -0.488 e. The van der Waals surface area contributed by atoms with E-state index in [1.165, 1.54) is 0 Å². The van der Waals surface area contributed by atoms with Crippen molar-refractivity contribution in [3.63, 3.8) is 0 Å². The van der Waals surface area contributed by atoms with Gasteiger partial charge in [-0.1, -0.05) is 13.8 Å². The van der Waals surface area contributed by atoms with Gasteiger partial charge in [-0.05, 0) is 0 Å².